The van der Waals surface area contributed by atoms with E-state index in [0.717, 1.165) is 19.5 Å². The molecule has 2 heterocycles. The predicted molar refractivity (Wildman–Crippen MR) is 67.6 cm³/mol. The Balaban J connectivity index is 2.01. The number of carbonyl (C=O) groups is 1. The zero-order valence-electron chi connectivity index (χ0n) is 11.2. The van der Waals surface area contributed by atoms with Crippen molar-refractivity contribution in [2.24, 2.45) is 11.8 Å². The van der Waals surface area contributed by atoms with Gasteiger partial charge in [0.1, 0.15) is 6.26 Å². The van der Waals surface area contributed by atoms with Crippen LogP contribution in [0.25, 0.3) is 0 Å². The molecule has 2 rings (SSSR count). The molecule has 0 aromatic carbocycles. The van der Waals surface area contributed by atoms with Crippen LogP contribution in [-0.2, 0) is 4.74 Å². The summed E-state index contributed by atoms with van der Waals surface area (Å²) in [5.74, 6) is 0.907. The first-order valence-electron chi connectivity index (χ1n) is 6.49. The van der Waals surface area contributed by atoms with Gasteiger partial charge in [0, 0.05) is 13.1 Å². The Morgan fingerprint density at radius 1 is 1.67 bits per heavy atom. The molecule has 0 bridgehead atoms. The van der Waals surface area contributed by atoms with Crippen molar-refractivity contribution in [2.75, 3.05) is 24.6 Å². The molecule has 1 aliphatic rings. The Labute approximate surface area is 107 Å². The van der Waals surface area contributed by atoms with Gasteiger partial charge in [-0.3, -0.25) is 0 Å². The maximum atomic E-state index is 11.5. The smallest absolute Gasteiger partial charge is 0.360 e. The van der Waals surface area contributed by atoms with Crippen molar-refractivity contribution in [2.45, 2.75) is 27.2 Å². The van der Waals surface area contributed by atoms with Gasteiger partial charge < -0.3 is 14.1 Å². The van der Waals surface area contributed by atoms with Crippen molar-refractivity contribution in [3.63, 3.8) is 0 Å². The molecule has 0 radical (unpaired) electrons. The molecule has 1 aromatic heterocycles. The highest BCUT2D eigenvalue weighted by atomic mass is 16.5. The maximum absolute atomic E-state index is 11.5. The van der Waals surface area contributed by atoms with Gasteiger partial charge >= 0.3 is 5.97 Å². The SMILES string of the molecule is CCOC(=O)c1coc(N2CCC(C(C)C)C2)n1. The normalized spacial score (nSPS) is 19.6. The number of esters is 1. The molecule has 0 saturated carbocycles. The zero-order valence-corrected chi connectivity index (χ0v) is 11.2. The lowest BCUT2D eigenvalue weighted by Crippen LogP contribution is -2.21. The van der Waals surface area contributed by atoms with Crippen molar-refractivity contribution in [3.05, 3.63) is 12.0 Å². The third-order valence-electron chi connectivity index (χ3n) is 3.41. The summed E-state index contributed by atoms with van der Waals surface area (Å²) in [5, 5.41) is 0. The molecule has 1 atom stereocenters. The molecule has 0 aliphatic carbocycles. The highest BCUT2D eigenvalue weighted by Crippen LogP contribution is 2.27. The van der Waals surface area contributed by atoms with E-state index in [1.165, 1.54) is 6.26 Å². The standard InChI is InChI=1S/C13H20N2O3/c1-4-17-12(16)11-8-18-13(14-11)15-6-5-10(7-15)9(2)3/h8-10H,4-7H2,1-3H3. The largest absolute Gasteiger partial charge is 0.461 e. The summed E-state index contributed by atoms with van der Waals surface area (Å²) in [6.07, 6.45) is 2.52. The van der Waals surface area contributed by atoms with Crippen molar-refractivity contribution in [1.82, 2.24) is 4.98 Å². The summed E-state index contributed by atoms with van der Waals surface area (Å²) in [4.78, 5) is 17.8. The molecular formula is C13H20N2O3. The van der Waals surface area contributed by atoms with Crippen LogP contribution in [0.1, 0.15) is 37.7 Å². The second-order valence-electron chi connectivity index (χ2n) is 4.97. The Hall–Kier alpha value is -1.52. The summed E-state index contributed by atoms with van der Waals surface area (Å²) in [6, 6.07) is 0.529. The van der Waals surface area contributed by atoms with Crippen molar-refractivity contribution in [3.8, 4) is 0 Å². The van der Waals surface area contributed by atoms with Gasteiger partial charge in [0.15, 0.2) is 5.69 Å². The van der Waals surface area contributed by atoms with Gasteiger partial charge in [0.05, 0.1) is 6.61 Å². The number of rotatable bonds is 4. The van der Waals surface area contributed by atoms with Crippen LogP contribution in [0.4, 0.5) is 6.01 Å². The molecular weight excluding hydrogens is 232 g/mol. The number of anilines is 1. The second-order valence-corrected chi connectivity index (χ2v) is 4.97. The van der Waals surface area contributed by atoms with E-state index in [1.54, 1.807) is 6.92 Å². The summed E-state index contributed by atoms with van der Waals surface area (Å²) >= 11 is 0. The minimum atomic E-state index is -0.424. The molecule has 1 aliphatic heterocycles. The van der Waals surface area contributed by atoms with Gasteiger partial charge in [0.2, 0.25) is 0 Å². The van der Waals surface area contributed by atoms with Gasteiger partial charge in [-0.2, -0.15) is 4.98 Å². The summed E-state index contributed by atoms with van der Waals surface area (Å²) in [5.41, 5.74) is 0.250. The van der Waals surface area contributed by atoms with Gasteiger partial charge in [-0.15, -0.1) is 0 Å². The average molecular weight is 252 g/mol. The zero-order chi connectivity index (χ0) is 13.1. The summed E-state index contributed by atoms with van der Waals surface area (Å²) in [7, 11) is 0. The lowest BCUT2D eigenvalue weighted by atomic mass is 9.95. The number of aromatic nitrogens is 1. The maximum Gasteiger partial charge on any atom is 0.360 e. The van der Waals surface area contributed by atoms with Crippen LogP contribution in [0.5, 0.6) is 0 Å². The Kier molecular flexibility index (Phi) is 3.89. The third-order valence-corrected chi connectivity index (χ3v) is 3.41. The number of hydrogen-bond acceptors (Lipinski definition) is 5. The molecule has 0 N–H and O–H groups in total. The predicted octanol–water partition coefficient (Wildman–Crippen LogP) is 2.33. The van der Waals surface area contributed by atoms with Gasteiger partial charge in [0.25, 0.3) is 6.01 Å². The topological polar surface area (TPSA) is 55.6 Å². The van der Waals surface area contributed by atoms with Crippen molar-refractivity contribution < 1.29 is 13.9 Å². The van der Waals surface area contributed by atoms with E-state index in [9.17, 15) is 4.79 Å². The molecule has 1 aromatic rings. The summed E-state index contributed by atoms with van der Waals surface area (Å²) in [6.45, 7) is 8.46. The monoisotopic (exact) mass is 252 g/mol. The van der Waals surface area contributed by atoms with E-state index in [4.69, 9.17) is 9.15 Å². The second kappa shape index (κ2) is 5.42. The highest BCUT2D eigenvalue weighted by molar-refractivity contribution is 5.87. The fraction of sp³-hybridized carbons (Fsp3) is 0.692. The molecule has 5 heteroatoms. The van der Waals surface area contributed by atoms with Crippen LogP contribution in [-0.4, -0.2) is 30.6 Å². The van der Waals surface area contributed by atoms with Crippen molar-refractivity contribution in [1.29, 1.82) is 0 Å². The quantitative estimate of drug-likeness (QED) is 0.770. The summed E-state index contributed by atoms with van der Waals surface area (Å²) < 4.78 is 10.2. The molecule has 100 valence electrons. The molecule has 18 heavy (non-hydrogen) atoms. The number of oxazole rings is 1. The van der Waals surface area contributed by atoms with E-state index in [0.29, 0.717) is 24.5 Å². The Bertz CT molecular complexity index is 414. The van der Waals surface area contributed by atoms with Gasteiger partial charge in [-0.25, -0.2) is 4.79 Å². The number of ether oxygens (including phenoxy) is 1. The minimum absolute atomic E-state index is 0.250. The van der Waals surface area contributed by atoms with Crippen LogP contribution in [0.2, 0.25) is 0 Å². The molecule has 1 fully saturated rings. The minimum Gasteiger partial charge on any atom is -0.461 e. The molecule has 5 nitrogen and oxygen atoms in total. The van der Waals surface area contributed by atoms with E-state index in [2.05, 4.69) is 23.7 Å². The van der Waals surface area contributed by atoms with Gasteiger partial charge in [-0.1, -0.05) is 13.8 Å². The first kappa shape index (κ1) is 12.9. The van der Waals surface area contributed by atoms with Crippen molar-refractivity contribution >= 4 is 12.0 Å². The highest BCUT2D eigenvalue weighted by Gasteiger charge is 2.28. The molecule has 1 unspecified atom stereocenters. The Morgan fingerprint density at radius 2 is 2.44 bits per heavy atom. The molecule has 1 saturated heterocycles. The Morgan fingerprint density at radius 3 is 3.06 bits per heavy atom. The van der Waals surface area contributed by atoms with E-state index < -0.39 is 5.97 Å². The van der Waals surface area contributed by atoms with E-state index in [1.807, 2.05) is 0 Å². The number of carbonyl (C=O) groups excluding carboxylic acids is 1. The molecule has 0 spiro atoms. The fourth-order valence-electron chi connectivity index (χ4n) is 2.21. The van der Waals surface area contributed by atoms with Crippen LogP contribution < -0.4 is 4.90 Å². The average Bonchev–Trinajstić information content (AvgIpc) is 2.98. The lowest BCUT2D eigenvalue weighted by molar-refractivity contribution is 0.0519. The van der Waals surface area contributed by atoms with E-state index in [-0.39, 0.29) is 5.69 Å². The van der Waals surface area contributed by atoms with Crippen LogP contribution in [0, 0.1) is 11.8 Å². The first-order valence-corrected chi connectivity index (χ1v) is 6.49. The van der Waals surface area contributed by atoms with Gasteiger partial charge in [-0.05, 0) is 25.2 Å². The molecule has 0 amide bonds. The van der Waals surface area contributed by atoms with Crippen LogP contribution in [0.15, 0.2) is 10.7 Å². The lowest BCUT2D eigenvalue weighted by Gasteiger charge is -2.15. The van der Waals surface area contributed by atoms with E-state index >= 15 is 0 Å². The number of hydrogen-bond donors (Lipinski definition) is 0. The third kappa shape index (κ3) is 2.66. The van der Waals surface area contributed by atoms with Crippen LogP contribution >= 0.6 is 0 Å². The number of nitrogens with zero attached hydrogens (tertiary/aromatic N) is 2. The fourth-order valence-corrected chi connectivity index (χ4v) is 2.21. The first-order chi connectivity index (χ1) is 8.61. The van der Waals surface area contributed by atoms with Crippen LogP contribution in [0.3, 0.4) is 0 Å².